The van der Waals surface area contributed by atoms with E-state index in [0.29, 0.717) is 0 Å². The fourth-order valence-electron chi connectivity index (χ4n) is 4.68. The molecule has 3 aliphatic carbocycles. The fraction of sp³-hybridized carbons (Fsp3) is 0.389. The lowest BCUT2D eigenvalue weighted by Crippen LogP contribution is -2.68. The average Bonchev–Trinajstić information content (AvgIpc) is 3.10. The van der Waals surface area contributed by atoms with Gasteiger partial charge in [0, 0.05) is 22.9 Å². The van der Waals surface area contributed by atoms with E-state index < -0.39 is 0 Å². The molecular weight excluding hydrogens is 340 g/mol. The predicted molar refractivity (Wildman–Crippen MR) is 92.8 cm³/mol. The SMILES string of the molecule is COC(=O)C12CC(c3cc4c(cnn4-c4cnn(C)c4)cc3Cl)(C1)C2. The third kappa shape index (κ3) is 1.83. The van der Waals surface area contributed by atoms with Gasteiger partial charge in [-0.1, -0.05) is 11.6 Å². The van der Waals surface area contributed by atoms with E-state index in [2.05, 4.69) is 16.3 Å². The molecule has 3 aliphatic rings. The summed E-state index contributed by atoms with van der Waals surface area (Å²) in [4.78, 5) is 11.9. The van der Waals surface area contributed by atoms with Crippen molar-refractivity contribution in [3.05, 3.63) is 41.3 Å². The molecule has 0 unspecified atom stereocenters. The number of nitrogens with zero attached hydrogens (tertiary/aromatic N) is 4. The molecule has 3 fully saturated rings. The van der Waals surface area contributed by atoms with Crippen molar-refractivity contribution in [3.8, 4) is 5.69 Å². The molecule has 6 nitrogen and oxygen atoms in total. The van der Waals surface area contributed by atoms with E-state index >= 15 is 0 Å². The van der Waals surface area contributed by atoms with Crippen LogP contribution in [-0.2, 0) is 22.0 Å². The molecule has 7 heteroatoms. The third-order valence-corrected chi connectivity index (χ3v) is 6.13. The van der Waals surface area contributed by atoms with E-state index in [4.69, 9.17) is 16.3 Å². The highest BCUT2D eigenvalue weighted by Crippen LogP contribution is 2.74. The Morgan fingerprint density at radius 1 is 1.24 bits per heavy atom. The number of esters is 1. The van der Waals surface area contributed by atoms with E-state index in [1.165, 1.54) is 7.11 Å². The molecule has 0 atom stereocenters. The van der Waals surface area contributed by atoms with Gasteiger partial charge in [-0.15, -0.1) is 0 Å². The van der Waals surface area contributed by atoms with Crippen molar-refractivity contribution >= 4 is 28.5 Å². The summed E-state index contributed by atoms with van der Waals surface area (Å²) in [6.45, 7) is 0. The second kappa shape index (κ2) is 4.64. The first kappa shape index (κ1) is 15.0. The molecule has 1 aromatic carbocycles. The Kier molecular flexibility index (Phi) is 2.77. The van der Waals surface area contributed by atoms with E-state index in [0.717, 1.165) is 46.4 Å². The first-order valence-electron chi connectivity index (χ1n) is 8.22. The topological polar surface area (TPSA) is 61.9 Å². The highest BCUT2D eigenvalue weighted by molar-refractivity contribution is 6.32. The molecule has 2 aromatic heterocycles. The molecule has 3 aromatic rings. The second-order valence-corrected chi connectivity index (χ2v) is 7.81. The summed E-state index contributed by atoms with van der Waals surface area (Å²) in [5.74, 6) is -0.0908. The molecule has 3 saturated carbocycles. The number of rotatable bonds is 3. The van der Waals surface area contributed by atoms with Crippen molar-refractivity contribution in [2.75, 3.05) is 7.11 Å². The second-order valence-electron chi connectivity index (χ2n) is 7.40. The van der Waals surface area contributed by atoms with Crippen LogP contribution in [0.5, 0.6) is 0 Å². The number of aryl methyl sites for hydroxylation is 1. The van der Waals surface area contributed by atoms with Crippen LogP contribution in [-0.4, -0.2) is 32.6 Å². The van der Waals surface area contributed by atoms with Gasteiger partial charge in [0.05, 0.1) is 36.6 Å². The van der Waals surface area contributed by atoms with Crippen LogP contribution in [0.15, 0.2) is 30.7 Å². The van der Waals surface area contributed by atoms with Crippen molar-refractivity contribution in [2.45, 2.75) is 24.7 Å². The molecule has 2 bridgehead atoms. The minimum absolute atomic E-state index is 0.00347. The number of aromatic nitrogens is 4. The Hall–Kier alpha value is -2.34. The van der Waals surface area contributed by atoms with Crippen LogP contribution in [0.1, 0.15) is 24.8 Å². The Morgan fingerprint density at radius 2 is 2.00 bits per heavy atom. The van der Waals surface area contributed by atoms with Gasteiger partial charge in [0.15, 0.2) is 0 Å². The standard InChI is InChI=1S/C18H17ClN4O2/c1-22-7-12(6-20-22)23-15-4-13(14(19)3-11(15)5-21-23)17-8-18(9-17,10-17)16(24)25-2/h3-7H,8-10H2,1-2H3. The summed E-state index contributed by atoms with van der Waals surface area (Å²) < 4.78 is 8.58. The predicted octanol–water partition coefficient (Wildman–Crippen LogP) is 3.01. The summed E-state index contributed by atoms with van der Waals surface area (Å²) in [7, 11) is 3.34. The van der Waals surface area contributed by atoms with Crippen molar-refractivity contribution in [1.82, 2.24) is 19.6 Å². The average molecular weight is 357 g/mol. The number of fused-ring (bicyclic) bond motifs is 1. The lowest BCUT2D eigenvalue weighted by Gasteiger charge is -2.69. The van der Waals surface area contributed by atoms with Gasteiger partial charge in [0.1, 0.15) is 5.69 Å². The zero-order valence-electron chi connectivity index (χ0n) is 14.0. The highest BCUT2D eigenvalue weighted by Gasteiger charge is 2.73. The molecule has 0 N–H and O–H groups in total. The minimum Gasteiger partial charge on any atom is -0.469 e. The number of ether oxygens (including phenoxy) is 1. The Labute approximate surface area is 149 Å². The van der Waals surface area contributed by atoms with Gasteiger partial charge in [-0.25, -0.2) is 4.68 Å². The normalized spacial score (nSPS) is 27.0. The summed E-state index contributed by atoms with van der Waals surface area (Å²) in [6, 6.07) is 4.09. The number of methoxy groups -OCH3 is 1. The zero-order valence-corrected chi connectivity index (χ0v) is 14.7. The number of carbonyl (C=O) groups is 1. The molecular formula is C18H17ClN4O2. The molecule has 0 aliphatic heterocycles. The highest BCUT2D eigenvalue weighted by atomic mass is 35.5. The van der Waals surface area contributed by atoms with Crippen molar-refractivity contribution < 1.29 is 9.53 Å². The Morgan fingerprint density at radius 3 is 2.64 bits per heavy atom. The maximum Gasteiger partial charge on any atom is 0.311 e. The maximum absolute atomic E-state index is 11.9. The lowest BCUT2D eigenvalue weighted by molar-refractivity contribution is -0.198. The first-order valence-corrected chi connectivity index (χ1v) is 8.59. The van der Waals surface area contributed by atoms with Gasteiger partial charge >= 0.3 is 5.97 Å². The zero-order chi connectivity index (χ0) is 17.4. The summed E-state index contributed by atoms with van der Waals surface area (Å²) >= 11 is 6.57. The van der Waals surface area contributed by atoms with E-state index in [1.54, 1.807) is 10.9 Å². The molecule has 25 heavy (non-hydrogen) atoms. The Bertz CT molecular complexity index is 1020. The molecule has 0 amide bonds. The number of benzene rings is 1. The molecule has 0 saturated heterocycles. The van der Waals surface area contributed by atoms with Gasteiger partial charge in [0.2, 0.25) is 0 Å². The number of hydrogen-bond acceptors (Lipinski definition) is 4. The van der Waals surface area contributed by atoms with Crippen LogP contribution in [0.3, 0.4) is 0 Å². The van der Waals surface area contributed by atoms with Crippen LogP contribution in [0.25, 0.3) is 16.6 Å². The van der Waals surface area contributed by atoms with Crippen LogP contribution < -0.4 is 0 Å². The van der Waals surface area contributed by atoms with Crippen LogP contribution in [0.2, 0.25) is 5.02 Å². The van der Waals surface area contributed by atoms with Crippen molar-refractivity contribution in [3.63, 3.8) is 0 Å². The smallest absolute Gasteiger partial charge is 0.311 e. The van der Waals surface area contributed by atoms with Gasteiger partial charge in [-0.2, -0.15) is 10.2 Å². The summed E-state index contributed by atoms with van der Waals surface area (Å²) in [5, 5.41) is 10.4. The largest absolute Gasteiger partial charge is 0.469 e. The van der Waals surface area contributed by atoms with Crippen molar-refractivity contribution in [2.24, 2.45) is 12.5 Å². The molecule has 0 radical (unpaired) electrons. The lowest BCUT2D eigenvalue weighted by atomic mass is 9.33. The van der Waals surface area contributed by atoms with Gasteiger partial charge in [-0.3, -0.25) is 9.48 Å². The molecule has 0 spiro atoms. The first-order chi connectivity index (χ1) is 12.0. The van der Waals surface area contributed by atoms with E-state index in [-0.39, 0.29) is 16.8 Å². The minimum atomic E-state index is -0.281. The number of halogens is 1. The van der Waals surface area contributed by atoms with Crippen molar-refractivity contribution in [1.29, 1.82) is 0 Å². The van der Waals surface area contributed by atoms with E-state index in [9.17, 15) is 4.79 Å². The van der Waals surface area contributed by atoms with Crippen LogP contribution >= 0.6 is 11.6 Å². The van der Waals surface area contributed by atoms with E-state index in [1.807, 2.05) is 30.2 Å². The van der Waals surface area contributed by atoms with Crippen LogP contribution in [0, 0.1) is 5.41 Å². The number of carbonyl (C=O) groups excluding carboxylic acids is 1. The number of hydrogen-bond donors (Lipinski definition) is 0. The molecule has 2 heterocycles. The monoisotopic (exact) mass is 356 g/mol. The van der Waals surface area contributed by atoms with Gasteiger partial charge in [0.25, 0.3) is 0 Å². The quantitative estimate of drug-likeness (QED) is 0.677. The molecule has 128 valence electrons. The molecule has 6 rings (SSSR count). The van der Waals surface area contributed by atoms with Crippen LogP contribution in [0.4, 0.5) is 0 Å². The Balaban J connectivity index is 1.57. The third-order valence-electron chi connectivity index (χ3n) is 5.81. The fourth-order valence-corrected chi connectivity index (χ4v) is 5.06. The van der Waals surface area contributed by atoms with Gasteiger partial charge in [-0.05, 0) is 37.0 Å². The van der Waals surface area contributed by atoms with Gasteiger partial charge < -0.3 is 4.74 Å². The maximum atomic E-state index is 11.9. The summed E-state index contributed by atoms with van der Waals surface area (Å²) in [6.07, 6.45) is 7.98. The summed E-state index contributed by atoms with van der Waals surface area (Å²) in [5.41, 5.74) is 2.75.